The summed E-state index contributed by atoms with van der Waals surface area (Å²) in [5, 5.41) is 12.9. The molecule has 2 amide bonds. The molecule has 140 valence electrons. The number of anilines is 2. The molecule has 1 saturated heterocycles. The van der Waals surface area contributed by atoms with Gasteiger partial charge in [-0.25, -0.2) is 0 Å². The van der Waals surface area contributed by atoms with Gasteiger partial charge in [0.15, 0.2) is 0 Å². The van der Waals surface area contributed by atoms with E-state index in [1.165, 1.54) is 4.68 Å². The van der Waals surface area contributed by atoms with Crippen LogP contribution in [-0.4, -0.2) is 40.4 Å². The minimum atomic E-state index is -0.171. The zero-order chi connectivity index (χ0) is 17.6. The first-order chi connectivity index (χ1) is 12.1. The summed E-state index contributed by atoms with van der Waals surface area (Å²) in [5.74, 6) is -0.231. The third-order valence-electron chi connectivity index (χ3n) is 3.96. The fraction of sp³-hybridized carbons (Fsp3) is 0.353. The molecule has 0 aliphatic carbocycles. The predicted molar refractivity (Wildman–Crippen MR) is 106 cm³/mol. The van der Waals surface area contributed by atoms with Crippen molar-refractivity contribution >= 4 is 47.4 Å². The number of hydrogen-bond donors (Lipinski definition) is 3. The fourth-order valence-electron chi connectivity index (χ4n) is 2.67. The Bertz CT molecular complexity index is 744. The number of aromatic nitrogens is 2. The lowest BCUT2D eigenvalue weighted by molar-refractivity contribution is -0.118. The quantitative estimate of drug-likeness (QED) is 0.653. The Morgan fingerprint density at radius 2 is 2.04 bits per heavy atom. The highest BCUT2D eigenvalue weighted by Gasteiger charge is 2.22. The van der Waals surface area contributed by atoms with Crippen LogP contribution >= 0.6 is 24.2 Å². The van der Waals surface area contributed by atoms with Crippen molar-refractivity contribution in [3.05, 3.63) is 36.7 Å². The highest BCUT2D eigenvalue weighted by Crippen LogP contribution is 2.17. The van der Waals surface area contributed by atoms with Gasteiger partial charge in [-0.1, -0.05) is 0 Å². The molecule has 0 bridgehead atoms. The lowest BCUT2D eigenvalue weighted by atomic mass is 10.2. The van der Waals surface area contributed by atoms with Crippen molar-refractivity contribution in [3.8, 4) is 0 Å². The average molecular weight is 396 g/mol. The molecule has 3 N–H and O–H groups in total. The Labute approximate surface area is 162 Å². The number of amides is 2. The molecule has 3 rings (SSSR count). The molecule has 7 nitrogen and oxygen atoms in total. The zero-order valence-electron chi connectivity index (χ0n) is 14.4. The van der Waals surface area contributed by atoms with Gasteiger partial charge in [-0.15, -0.1) is 24.2 Å². The van der Waals surface area contributed by atoms with E-state index in [-0.39, 0.29) is 36.8 Å². The summed E-state index contributed by atoms with van der Waals surface area (Å²) in [5.41, 5.74) is 1.34. The highest BCUT2D eigenvalue weighted by molar-refractivity contribution is 7.98. The van der Waals surface area contributed by atoms with Gasteiger partial charge in [0.05, 0.1) is 17.9 Å². The number of nitrogens with one attached hydrogen (secondary N) is 3. The fourth-order valence-corrected chi connectivity index (χ4v) is 3.08. The SMILES string of the molecule is CSc1ccc(NC(=O)Cn2cc(NC(=O)C3CCCN3)cn2)cc1.Cl. The maximum absolute atomic E-state index is 12.1. The number of benzene rings is 1. The van der Waals surface area contributed by atoms with E-state index in [1.54, 1.807) is 24.2 Å². The van der Waals surface area contributed by atoms with Crippen LogP contribution in [0.3, 0.4) is 0 Å². The van der Waals surface area contributed by atoms with Crippen LogP contribution in [-0.2, 0) is 16.1 Å². The van der Waals surface area contributed by atoms with Gasteiger partial charge in [0.1, 0.15) is 6.54 Å². The van der Waals surface area contributed by atoms with Crippen LogP contribution in [0.15, 0.2) is 41.6 Å². The van der Waals surface area contributed by atoms with Crippen molar-refractivity contribution in [3.63, 3.8) is 0 Å². The van der Waals surface area contributed by atoms with Crippen molar-refractivity contribution in [2.45, 2.75) is 30.3 Å². The summed E-state index contributed by atoms with van der Waals surface area (Å²) in [7, 11) is 0. The molecule has 26 heavy (non-hydrogen) atoms. The molecule has 1 aromatic carbocycles. The second kappa shape index (κ2) is 9.61. The van der Waals surface area contributed by atoms with E-state index in [1.807, 2.05) is 30.5 Å². The monoisotopic (exact) mass is 395 g/mol. The summed E-state index contributed by atoms with van der Waals surface area (Å²) in [6.07, 6.45) is 7.06. The number of halogens is 1. The molecule has 1 aromatic heterocycles. The minimum absolute atomic E-state index is 0. The summed E-state index contributed by atoms with van der Waals surface area (Å²) in [6, 6.07) is 7.51. The number of hydrogen-bond acceptors (Lipinski definition) is 5. The van der Waals surface area contributed by atoms with Gasteiger partial charge in [0.25, 0.3) is 0 Å². The molecular formula is C17H22ClN5O2S. The molecular weight excluding hydrogens is 374 g/mol. The van der Waals surface area contributed by atoms with E-state index in [0.29, 0.717) is 5.69 Å². The Kier molecular flexibility index (Phi) is 7.50. The van der Waals surface area contributed by atoms with Crippen molar-refractivity contribution in [1.82, 2.24) is 15.1 Å². The van der Waals surface area contributed by atoms with Crippen LogP contribution in [0.4, 0.5) is 11.4 Å². The van der Waals surface area contributed by atoms with Gasteiger partial charge in [0, 0.05) is 16.8 Å². The van der Waals surface area contributed by atoms with Crippen molar-refractivity contribution in [2.24, 2.45) is 0 Å². The van der Waals surface area contributed by atoms with Gasteiger partial charge < -0.3 is 16.0 Å². The molecule has 2 heterocycles. The van der Waals surface area contributed by atoms with Crippen molar-refractivity contribution in [2.75, 3.05) is 23.4 Å². The Hall–Kier alpha value is -2.03. The number of rotatable bonds is 6. The first kappa shape index (κ1) is 20.3. The smallest absolute Gasteiger partial charge is 0.246 e. The Morgan fingerprint density at radius 1 is 1.27 bits per heavy atom. The highest BCUT2D eigenvalue weighted by atomic mass is 35.5. The first-order valence-electron chi connectivity index (χ1n) is 8.14. The van der Waals surface area contributed by atoms with Gasteiger partial charge in [-0.3, -0.25) is 14.3 Å². The van der Waals surface area contributed by atoms with Crippen molar-refractivity contribution in [1.29, 1.82) is 0 Å². The maximum atomic E-state index is 12.1. The lowest BCUT2D eigenvalue weighted by Gasteiger charge is -2.09. The van der Waals surface area contributed by atoms with Gasteiger partial charge in [-0.2, -0.15) is 5.10 Å². The number of thioether (sulfide) groups is 1. The van der Waals surface area contributed by atoms with Gasteiger partial charge >= 0.3 is 0 Å². The summed E-state index contributed by atoms with van der Waals surface area (Å²) < 4.78 is 1.50. The van der Waals surface area contributed by atoms with E-state index in [2.05, 4.69) is 21.0 Å². The third kappa shape index (κ3) is 5.48. The molecule has 1 aliphatic rings. The molecule has 9 heteroatoms. The molecule has 1 atom stereocenters. The van der Waals surface area contributed by atoms with Crippen LogP contribution in [0.1, 0.15) is 12.8 Å². The summed E-state index contributed by atoms with van der Waals surface area (Å²) >= 11 is 1.65. The van der Waals surface area contributed by atoms with E-state index in [9.17, 15) is 9.59 Å². The first-order valence-corrected chi connectivity index (χ1v) is 9.37. The van der Waals surface area contributed by atoms with Gasteiger partial charge in [0.2, 0.25) is 11.8 Å². The minimum Gasteiger partial charge on any atom is -0.324 e. The number of nitrogens with zero attached hydrogens (tertiary/aromatic N) is 2. The largest absolute Gasteiger partial charge is 0.324 e. The van der Waals surface area contributed by atoms with Crippen LogP contribution in [0, 0.1) is 0 Å². The Balaban J connectivity index is 0.00000243. The molecule has 1 unspecified atom stereocenters. The zero-order valence-corrected chi connectivity index (χ0v) is 16.0. The molecule has 0 radical (unpaired) electrons. The normalized spacial score (nSPS) is 16.0. The third-order valence-corrected chi connectivity index (χ3v) is 4.70. The van der Waals surface area contributed by atoms with Gasteiger partial charge in [-0.05, 0) is 49.9 Å². The second-order valence-corrected chi connectivity index (χ2v) is 6.72. The second-order valence-electron chi connectivity index (χ2n) is 5.84. The van der Waals surface area contributed by atoms with E-state index in [0.717, 1.165) is 30.0 Å². The lowest BCUT2D eigenvalue weighted by Crippen LogP contribution is -2.35. The number of carbonyl (C=O) groups is 2. The summed E-state index contributed by atoms with van der Waals surface area (Å²) in [6.45, 7) is 0.956. The molecule has 2 aromatic rings. The van der Waals surface area contributed by atoms with Crippen LogP contribution in [0.5, 0.6) is 0 Å². The molecule has 1 fully saturated rings. The van der Waals surface area contributed by atoms with E-state index < -0.39 is 0 Å². The van der Waals surface area contributed by atoms with Crippen LogP contribution in [0.2, 0.25) is 0 Å². The summed E-state index contributed by atoms with van der Waals surface area (Å²) in [4.78, 5) is 25.3. The standard InChI is InChI=1S/C17H21N5O2S.ClH/c1-25-14-6-4-12(5-7-14)20-16(23)11-22-10-13(9-19-22)21-17(24)15-3-2-8-18-15;/h4-7,9-10,15,18H,2-3,8,11H2,1H3,(H,20,23)(H,21,24);1H. The number of carbonyl (C=O) groups excluding carboxylic acids is 2. The average Bonchev–Trinajstić information content (AvgIpc) is 3.27. The van der Waals surface area contributed by atoms with E-state index >= 15 is 0 Å². The Morgan fingerprint density at radius 3 is 2.69 bits per heavy atom. The molecule has 0 saturated carbocycles. The predicted octanol–water partition coefficient (Wildman–Crippen LogP) is 2.36. The maximum Gasteiger partial charge on any atom is 0.246 e. The molecule has 1 aliphatic heterocycles. The van der Waals surface area contributed by atoms with Crippen LogP contribution < -0.4 is 16.0 Å². The van der Waals surface area contributed by atoms with E-state index in [4.69, 9.17) is 0 Å². The van der Waals surface area contributed by atoms with Crippen LogP contribution in [0.25, 0.3) is 0 Å². The molecule has 0 spiro atoms. The topological polar surface area (TPSA) is 88.0 Å². The van der Waals surface area contributed by atoms with Crippen molar-refractivity contribution < 1.29 is 9.59 Å².